The highest BCUT2D eigenvalue weighted by atomic mass is 79.9. The number of carbonyl (C=O) groups excluding carboxylic acids is 1. The Kier molecular flexibility index (Phi) is 5.15. The molecular weight excluding hydrogens is 303 g/mol. The Balaban J connectivity index is 2.77. The summed E-state index contributed by atoms with van der Waals surface area (Å²) in [7, 11) is 0. The summed E-state index contributed by atoms with van der Waals surface area (Å²) in [5.41, 5.74) is -0.0547. The molecule has 16 heavy (non-hydrogen) atoms. The highest BCUT2D eigenvalue weighted by Crippen LogP contribution is 2.26. The molecule has 0 atom stereocenters. The monoisotopic (exact) mass is 311 g/mol. The number of rotatable bonds is 4. The van der Waals surface area contributed by atoms with Gasteiger partial charge in [-0.3, -0.25) is 4.79 Å². The maximum atomic E-state index is 13.3. The van der Waals surface area contributed by atoms with Gasteiger partial charge in [0.2, 0.25) is 5.91 Å². The summed E-state index contributed by atoms with van der Waals surface area (Å²) < 4.78 is 26.2. The Morgan fingerprint density at radius 3 is 2.69 bits per heavy atom. The number of hydrogen-bond acceptors (Lipinski definition) is 1. The van der Waals surface area contributed by atoms with E-state index in [0.29, 0.717) is 18.4 Å². The lowest BCUT2D eigenvalue weighted by Gasteiger charge is -2.08. The van der Waals surface area contributed by atoms with Crippen molar-refractivity contribution in [3.05, 3.63) is 28.2 Å². The smallest absolute Gasteiger partial charge is 0.224 e. The molecule has 0 heterocycles. The van der Waals surface area contributed by atoms with Crippen molar-refractivity contribution in [1.82, 2.24) is 0 Å². The summed E-state index contributed by atoms with van der Waals surface area (Å²) in [6.07, 6.45) is 0.709. The lowest BCUT2D eigenvalue weighted by Crippen LogP contribution is -2.13. The largest absolute Gasteiger partial charge is 0.323 e. The van der Waals surface area contributed by atoms with E-state index in [1.807, 2.05) is 0 Å². The van der Waals surface area contributed by atoms with E-state index >= 15 is 0 Å². The average molecular weight is 313 g/mol. The molecule has 0 aliphatic heterocycles. The molecule has 1 amide bonds. The fourth-order valence-electron chi connectivity index (χ4n) is 1.09. The van der Waals surface area contributed by atoms with Crippen molar-refractivity contribution in [3.8, 4) is 0 Å². The molecule has 0 aromatic heterocycles. The Morgan fingerprint density at radius 1 is 1.44 bits per heavy atom. The van der Waals surface area contributed by atoms with Crippen molar-refractivity contribution in [1.29, 1.82) is 0 Å². The zero-order valence-corrected chi connectivity index (χ0v) is 10.5. The number of nitrogens with one attached hydrogen (secondary N) is 1. The van der Waals surface area contributed by atoms with E-state index in [1.54, 1.807) is 0 Å². The lowest BCUT2D eigenvalue weighted by molar-refractivity contribution is -0.116. The number of alkyl halides is 1. The number of halogens is 4. The van der Waals surface area contributed by atoms with Gasteiger partial charge in [-0.2, -0.15) is 0 Å². The topological polar surface area (TPSA) is 29.1 Å². The second-order valence-corrected chi connectivity index (χ2v) is 4.32. The van der Waals surface area contributed by atoms with Crippen molar-refractivity contribution < 1.29 is 13.6 Å². The molecule has 0 saturated heterocycles. The normalized spacial score (nSPS) is 10.2. The molecule has 0 radical (unpaired) electrons. The Hall–Kier alpha value is -0.680. The average Bonchev–Trinajstić information content (AvgIpc) is 2.20. The lowest BCUT2D eigenvalue weighted by atomic mass is 10.2. The van der Waals surface area contributed by atoms with Crippen LogP contribution in [0.15, 0.2) is 16.6 Å². The van der Waals surface area contributed by atoms with E-state index in [-0.39, 0.29) is 22.5 Å². The first-order valence-corrected chi connectivity index (χ1v) is 5.87. The predicted molar refractivity (Wildman–Crippen MR) is 62.6 cm³/mol. The molecule has 0 unspecified atom stereocenters. The SMILES string of the molecule is O=C(CCCCl)Nc1c(F)cc(F)cc1Br. The minimum Gasteiger partial charge on any atom is -0.323 e. The predicted octanol–water partition coefficient (Wildman–Crippen LogP) is 3.68. The number of benzene rings is 1. The summed E-state index contributed by atoms with van der Waals surface area (Å²) in [6.45, 7) is 0. The molecule has 0 aliphatic carbocycles. The van der Waals surface area contributed by atoms with Crippen molar-refractivity contribution in [3.63, 3.8) is 0 Å². The van der Waals surface area contributed by atoms with E-state index in [9.17, 15) is 13.6 Å². The first-order valence-electron chi connectivity index (χ1n) is 4.55. The van der Waals surface area contributed by atoms with Crippen LogP contribution in [-0.2, 0) is 4.79 Å². The maximum Gasteiger partial charge on any atom is 0.224 e. The zero-order valence-electron chi connectivity index (χ0n) is 8.20. The van der Waals surface area contributed by atoms with Crippen LogP contribution in [0.3, 0.4) is 0 Å². The van der Waals surface area contributed by atoms with Crippen LogP contribution in [0.1, 0.15) is 12.8 Å². The minimum absolute atomic E-state index is 0.0547. The highest BCUT2D eigenvalue weighted by Gasteiger charge is 2.12. The molecule has 0 spiro atoms. The Bertz CT molecular complexity index is 377. The summed E-state index contributed by atoms with van der Waals surface area (Å²) in [6, 6.07) is 1.79. The standard InChI is InChI=1S/C10H9BrClF2NO/c11-7-4-6(13)5-8(14)10(7)15-9(16)2-1-3-12/h4-5H,1-3H2,(H,15,16). The molecule has 0 bridgehead atoms. The van der Waals surface area contributed by atoms with Gasteiger partial charge in [0.25, 0.3) is 0 Å². The molecule has 0 aliphatic rings. The van der Waals surface area contributed by atoms with Gasteiger partial charge in [0.15, 0.2) is 5.82 Å². The first-order chi connectivity index (χ1) is 7.54. The highest BCUT2D eigenvalue weighted by molar-refractivity contribution is 9.10. The van der Waals surface area contributed by atoms with Crippen LogP contribution in [0.4, 0.5) is 14.5 Å². The Labute approximate surface area is 105 Å². The molecule has 1 aromatic rings. The van der Waals surface area contributed by atoms with Gasteiger partial charge in [-0.25, -0.2) is 8.78 Å². The number of hydrogen-bond donors (Lipinski definition) is 1. The fraction of sp³-hybridized carbons (Fsp3) is 0.300. The van der Waals surface area contributed by atoms with Crippen molar-refractivity contribution >= 4 is 39.1 Å². The third-order valence-corrected chi connectivity index (χ3v) is 2.70. The van der Waals surface area contributed by atoms with Gasteiger partial charge in [0, 0.05) is 22.8 Å². The van der Waals surface area contributed by atoms with Crippen molar-refractivity contribution in [2.75, 3.05) is 11.2 Å². The summed E-state index contributed by atoms with van der Waals surface area (Å²) in [5, 5.41) is 2.35. The second kappa shape index (κ2) is 6.15. The minimum atomic E-state index is -0.814. The molecular formula is C10H9BrClF2NO. The molecule has 0 fully saturated rings. The molecule has 2 nitrogen and oxygen atoms in total. The van der Waals surface area contributed by atoms with Crippen LogP contribution in [0.5, 0.6) is 0 Å². The van der Waals surface area contributed by atoms with Gasteiger partial charge in [0.1, 0.15) is 5.82 Å². The van der Waals surface area contributed by atoms with E-state index in [4.69, 9.17) is 11.6 Å². The third-order valence-electron chi connectivity index (χ3n) is 1.81. The second-order valence-electron chi connectivity index (χ2n) is 3.09. The quantitative estimate of drug-likeness (QED) is 0.844. The van der Waals surface area contributed by atoms with Gasteiger partial charge in [-0.05, 0) is 28.4 Å². The fourth-order valence-corrected chi connectivity index (χ4v) is 1.73. The molecule has 1 aromatic carbocycles. The van der Waals surface area contributed by atoms with Gasteiger partial charge >= 0.3 is 0 Å². The van der Waals surface area contributed by atoms with Gasteiger partial charge < -0.3 is 5.32 Å². The number of anilines is 1. The molecule has 1 N–H and O–H groups in total. The summed E-state index contributed by atoms with van der Waals surface area (Å²) in [5.74, 6) is -1.51. The maximum absolute atomic E-state index is 13.3. The van der Waals surface area contributed by atoms with Gasteiger partial charge in [0.05, 0.1) is 5.69 Å². The van der Waals surface area contributed by atoms with Gasteiger partial charge in [-0.1, -0.05) is 0 Å². The van der Waals surface area contributed by atoms with Crippen LogP contribution < -0.4 is 5.32 Å². The van der Waals surface area contributed by atoms with Crippen LogP contribution >= 0.6 is 27.5 Å². The molecule has 0 saturated carbocycles. The first kappa shape index (κ1) is 13.4. The third kappa shape index (κ3) is 3.72. The summed E-state index contributed by atoms with van der Waals surface area (Å²) in [4.78, 5) is 11.3. The van der Waals surface area contributed by atoms with E-state index in [1.165, 1.54) is 0 Å². The van der Waals surface area contributed by atoms with E-state index < -0.39 is 11.6 Å². The zero-order chi connectivity index (χ0) is 12.1. The van der Waals surface area contributed by atoms with Crippen LogP contribution in [-0.4, -0.2) is 11.8 Å². The van der Waals surface area contributed by atoms with Crippen LogP contribution in [0.2, 0.25) is 0 Å². The molecule has 1 rings (SSSR count). The van der Waals surface area contributed by atoms with Crippen LogP contribution in [0, 0.1) is 11.6 Å². The molecule has 88 valence electrons. The number of amides is 1. The number of carbonyl (C=O) groups is 1. The van der Waals surface area contributed by atoms with Crippen molar-refractivity contribution in [2.24, 2.45) is 0 Å². The van der Waals surface area contributed by atoms with Crippen molar-refractivity contribution in [2.45, 2.75) is 12.8 Å². The van der Waals surface area contributed by atoms with E-state index in [2.05, 4.69) is 21.2 Å². The van der Waals surface area contributed by atoms with Crippen LogP contribution in [0.25, 0.3) is 0 Å². The van der Waals surface area contributed by atoms with E-state index in [0.717, 1.165) is 6.07 Å². The van der Waals surface area contributed by atoms with Gasteiger partial charge in [-0.15, -0.1) is 11.6 Å². The summed E-state index contributed by atoms with van der Waals surface area (Å²) >= 11 is 8.39. The Morgan fingerprint density at radius 2 is 2.12 bits per heavy atom. The molecule has 6 heteroatoms.